The zero-order chi connectivity index (χ0) is 13.4. The Morgan fingerprint density at radius 1 is 1.11 bits per heavy atom. The Kier molecular flexibility index (Phi) is 3.45. The molecule has 1 aromatic carbocycles. The minimum Gasteiger partial charge on any atom is -0.325 e. The van der Waals surface area contributed by atoms with Gasteiger partial charge >= 0.3 is 0 Å². The molecule has 0 heterocycles. The fourth-order valence-electron chi connectivity index (χ4n) is 2.66. The quantitative estimate of drug-likeness (QED) is 0.852. The lowest BCUT2D eigenvalue weighted by Gasteiger charge is -2.41. The topological polar surface area (TPSA) is 26.0 Å². The number of rotatable bonds is 2. The molecule has 1 aromatic rings. The Bertz CT molecular complexity index is 430. The molecule has 0 unspecified atom stereocenters. The van der Waals surface area contributed by atoms with E-state index in [1.165, 1.54) is 12.1 Å². The van der Waals surface area contributed by atoms with Gasteiger partial charge in [0.25, 0.3) is 0 Å². The summed E-state index contributed by atoms with van der Waals surface area (Å²) >= 11 is 0. The van der Waals surface area contributed by atoms with Gasteiger partial charge in [0, 0.05) is 5.54 Å². The third kappa shape index (κ3) is 3.08. The van der Waals surface area contributed by atoms with Crippen molar-refractivity contribution in [2.45, 2.75) is 51.5 Å². The number of nitrogens with two attached hydrogens (primary N) is 1. The van der Waals surface area contributed by atoms with Gasteiger partial charge < -0.3 is 5.73 Å². The molecule has 0 aliphatic heterocycles. The molecule has 0 aromatic heterocycles. The molecule has 1 aliphatic rings. The molecular formula is C15H21F2N. The third-order valence-corrected chi connectivity index (χ3v) is 4.15. The van der Waals surface area contributed by atoms with E-state index in [0.717, 1.165) is 31.7 Å². The number of benzene rings is 1. The van der Waals surface area contributed by atoms with Crippen molar-refractivity contribution >= 4 is 0 Å². The van der Waals surface area contributed by atoms with Crippen LogP contribution in [0.4, 0.5) is 8.78 Å². The summed E-state index contributed by atoms with van der Waals surface area (Å²) in [6.07, 6.45) is 4.25. The van der Waals surface area contributed by atoms with E-state index in [4.69, 9.17) is 5.73 Å². The van der Waals surface area contributed by atoms with Crippen molar-refractivity contribution in [2.24, 2.45) is 11.1 Å². The second kappa shape index (κ2) is 4.61. The molecule has 0 atom stereocenters. The predicted octanol–water partition coefficient (Wildman–Crippen LogP) is 3.81. The maximum Gasteiger partial charge on any atom is 0.126 e. The smallest absolute Gasteiger partial charge is 0.126 e. The molecule has 1 aliphatic carbocycles. The van der Waals surface area contributed by atoms with Crippen LogP contribution in [0.1, 0.15) is 45.1 Å². The molecule has 2 rings (SSSR count). The summed E-state index contributed by atoms with van der Waals surface area (Å²) in [4.78, 5) is 0. The number of hydrogen-bond acceptors (Lipinski definition) is 1. The lowest BCUT2D eigenvalue weighted by molar-refractivity contribution is 0.164. The first-order chi connectivity index (χ1) is 8.30. The number of halogens is 2. The highest BCUT2D eigenvalue weighted by Crippen LogP contribution is 2.40. The van der Waals surface area contributed by atoms with Crippen LogP contribution in [0.15, 0.2) is 18.2 Å². The minimum absolute atomic E-state index is 0.323. The Balaban J connectivity index is 2.11. The van der Waals surface area contributed by atoms with E-state index in [1.807, 2.05) is 0 Å². The van der Waals surface area contributed by atoms with Crippen LogP contribution >= 0.6 is 0 Å². The van der Waals surface area contributed by atoms with E-state index in [-0.39, 0.29) is 11.4 Å². The lowest BCUT2D eigenvalue weighted by Crippen LogP contribution is -2.47. The van der Waals surface area contributed by atoms with Crippen LogP contribution in [-0.4, -0.2) is 5.54 Å². The van der Waals surface area contributed by atoms with Gasteiger partial charge in [0.1, 0.15) is 11.6 Å². The average Bonchev–Trinajstić information content (AvgIpc) is 2.29. The van der Waals surface area contributed by atoms with Crippen molar-refractivity contribution in [1.29, 1.82) is 0 Å². The fourth-order valence-corrected chi connectivity index (χ4v) is 2.66. The van der Waals surface area contributed by atoms with Crippen LogP contribution in [-0.2, 0) is 6.42 Å². The molecule has 1 nitrogen and oxygen atoms in total. The van der Waals surface area contributed by atoms with Crippen molar-refractivity contribution in [2.75, 3.05) is 0 Å². The SMILES string of the molecule is CC1(C)CCC(N)(Cc2cc(F)ccc2F)CC1. The van der Waals surface area contributed by atoms with Crippen LogP contribution in [0, 0.1) is 17.0 Å². The predicted molar refractivity (Wildman–Crippen MR) is 69.2 cm³/mol. The van der Waals surface area contributed by atoms with E-state index in [0.29, 0.717) is 17.4 Å². The fraction of sp³-hybridized carbons (Fsp3) is 0.600. The molecular weight excluding hydrogens is 232 g/mol. The molecule has 100 valence electrons. The molecule has 0 bridgehead atoms. The van der Waals surface area contributed by atoms with Crippen LogP contribution in [0.2, 0.25) is 0 Å². The molecule has 0 spiro atoms. The normalized spacial score (nSPS) is 21.8. The highest BCUT2D eigenvalue weighted by molar-refractivity contribution is 5.21. The first kappa shape index (κ1) is 13.5. The standard InChI is InChI=1S/C15H21F2N/c1-14(2)5-7-15(18,8-6-14)10-11-9-12(16)3-4-13(11)17/h3-4,9H,5-8,10,18H2,1-2H3. The van der Waals surface area contributed by atoms with E-state index < -0.39 is 5.82 Å². The summed E-state index contributed by atoms with van der Waals surface area (Å²) in [7, 11) is 0. The Morgan fingerprint density at radius 2 is 1.72 bits per heavy atom. The van der Waals surface area contributed by atoms with Gasteiger partial charge in [-0.25, -0.2) is 8.78 Å². The molecule has 18 heavy (non-hydrogen) atoms. The molecule has 0 saturated heterocycles. The third-order valence-electron chi connectivity index (χ3n) is 4.15. The molecule has 0 radical (unpaired) electrons. The molecule has 1 fully saturated rings. The van der Waals surface area contributed by atoms with Crippen LogP contribution in [0.5, 0.6) is 0 Å². The van der Waals surface area contributed by atoms with Crippen LogP contribution in [0.3, 0.4) is 0 Å². The van der Waals surface area contributed by atoms with Crippen molar-refractivity contribution in [3.8, 4) is 0 Å². The molecule has 1 saturated carbocycles. The summed E-state index contributed by atoms with van der Waals surface area (Å²) < 4.78 is 26.8. The van der Waals surface area contributed by atoms with Gasteiger partial charge in [-0.3, -0.25) is 0 Å². The van der Waals surface area contributed by atoms with Gasteiger partial charge in [-0.05, 0) is 61.3 Å². The largest absolute Gasteiger partial charge is 0.325 e. The Labute approximate surface area is 107 Å². The highest BCUT2D eigenvalue weighted by atomic mass is 19.1. The second-order valence-electron chi connectivity index (χ2n) is 6.44. The highest BCUT2D eigenvalue weighted by Gasteiger charge is 2.35. The molecule has 0 amide bonds. The molecule has 3 heteroatoms. The van der Waals surface area contributed by atoms with Crippen LogP contribution in [0.25, 0.3) is 0 Å². The Morgan fingerprint density at radius 3 is 2.33 bits per heavy atom. The summed E-state index contributed by atoms with van der Waals surface area (Å²) in [5, 5.41) is 0. The summed E-state index contributed by atoms with van der Waals surface area (Å²) in [5.41, 5.74) is 6.68. The van der Waals surface area contributed by atoms with Gasteiger partial charge in [0.2, 0.25) is 0 Å². The van der Waals surface area contributed by atoms with E-state index in [2.05, 4.69) is 13.8 Å². The van der Waals surface area contributed by atoms with Gasteiger partial charge in [0.05, 0.1) is 0 Å². The van der Waals surface area contributed by atoms with Gasteiger partial charge in [-0.2, -0.15) is 0 Å². The van der Waals surface area contributed by atoms with E-state index in [1.54, 1.807) is 0 Å². The van der Waals surface area contributed by atoms with Gasteiger partial charge in [0.15, 0.2) is 0 Å². The first-order valence-corrected chi connectivity index (χ1v) is 6.53. The van der Waals surface area contributed by atoms with Crippen molar-refractivity contribution in [3.63, 3.8) is 0 Å². The van der Waals surface area contributed by atoms with E-state index in [9.17, 15) is 8.78 Å². The van der Waals surface area contributed by atoms with Crippen molar-refractivity contribution < 1.29 is 8.78 Å². The van der Waals surface area contributed by atoms with Crippen LogP contribution < -0.4 is 5.73 Å². The summed E-state index contributed by atoms with van der Waals surface area (Å²) in [5.74, 6) is -0.753. The number of hydrogen-bond donors (Lipinski definition) is 1. The van der Waals surface area contributed by atoms with Crippen molar-refractivity contribution in [3.05, 3.63) is 35.4 Å². The first-order valence-electron chi connectivity index (χ1n) is 6.53. The zero-order valence-electron chi connectivity index (χ0n) is 11.1. The average molecular weight is 253 g/mol. The maximum absolute atomic E-state index is 13.6. The summed E-state index contributed by atoms with van der Waals surface area (Å²) in [6.45, 7) is 4.46. The Hall–Kier alpha value is -0.960. The zero-order valence-corrected chi connectivity index (χ0v) is 11.1. The monoisotopic (exact) mass is 253 g/mol. The van der Waals surface area contributed by atoms with Gasteiger partial charge in [-0.1, -0.05) is 13.8 Å². The molecule has 2 N–H and O–H groups in total. The van der Waals surface area contributed by atoms with Gasteiger partial charge in [-0.15, -0.1) is 0 Å². The minimum atomic E-state index is -0.397. The maximum atomic E-state index is 13.6. The second-order valence-corrected chi connectivity index (χ2v) is 6.44. The lowest BCUT2D eigenvalue weighted by atomic mass is 9.68. The van der Waals surface area contributed by atoms with E-state index >= 15 is 0 Å². The van der Waals surface area contributed by atoms with Crippen molar-refractivity contribution in [1.82, 2.24) is 0 Å². The summed E-state index contributed by atoms with van der Waals surface area (Å²) in [6, 6.07) is 3.59.